The number of guanidine groups is 2. The first-order chi connectivity index (χ1) is 20.3. The largest absolute Gasteiger partial charge is 0.480 e. The van der Waals surface area contributed by atoms with Gasteiger partial charge in [0.15, 0.2) is 11.9 Å². The topological polar surface area (TPSA) is 288 Å². The summed E-state index contributed by atoms with van der Waals surface area (Å²) in [7, 11) is 0. The molecule has 16 nitrogen and oxygen atoms in total. The fraction of sp³-hybridized carbons (Fsp3) is 0.519. The first kappa shape index (κ1) is 36.1. The van der Waals surface area contributed by atoms with Gasteiger partial charge in [0.2, 0.25) is 11.8 Å². The van der Waals surface area contributed by atoms with Crippen molar-refractivity contribution in [3.8, 4) is 0 Å². The number of rotatable bonds is 19. The Morgan fingerprint density at radius 3 is 1.88 bits per heavy atom. The first-order valence-electron chi connectivity index (χ1n) is 13.8. The van der Waals surface area contributed by atoms with Crippen molar-refractivity contribution < 1.29 is 29.1 Å². The van der Waals surface area contributed by atoms with Gasteiger partial charge in [-0.15, -0.1) is 0 Å². The van der Waals surface area contributed by atoms with Crippen LogP contribution in [0.3, 0.4) is 0 Å². The molecule has 1 aromatic carbocycles. The number of nitrogens with one attached hydrogen (secondary N) is 2. The predicted octanol–water partition coefficient (Wildman–Crippen LogP) is -1.64. The second kappa shape index (κ2) is 18.5. The summed E-state index contributed by atoms with van der Waals surface area (Å²) in [6.45, 7) is 3.59. The van der Waals surface area contributed by atoms with E-state index in [1.54, 1.807) is 44.2 Å². The molecule has 0 bridgehead atoms. The number of aldehydes is 1. The van der Waals surface area contributed by atoms with Crippen LogP contribution in [-0.4, -0.2) is 89.3 Å². The van der Waals surface area contributed by atoms with Gasteiger partial charge in [0.05, 0.1) is 6.04 Å². The van der Waals surface area contributed by atoms with Gasteiger partial charge in [-0.1, -0.05) is 44.2 Å². The molecule has 16 heteroatoms. The minimum atomic E-state index is -1.32. The predicted molar refractivity (Wildman–Crippen MR) is 161 cm³/mol. The van der Waals surface area contributed by atoms with Crippen molar-refractivity contribution in [3.05, 3.63) is 35.9 Å². The molecule has 0 heterocycles. The Balaban J connectivity index is 3.35. The van der Waals surface area contributed by atoms with Gasteiger partial charge in [-0.05, 0) is 37.2 Å². The van der Waals surface area contributed by atoms with Crippen molar-refractivity contribution in [2.45, 2.75) is 70.1 Å². The third-order valence-corrected chi connectivity index (χ3v) is 6.38. The number of aliphatic carboxylic acids is 1. The summed E-state index contributed by atoms with van der Waals surface area (Å²) in [5.41, 5.74) is 27.8. The van der Waals surface area contributed by atoms with Gasteiger partial charge in [0, 0.05) is 19.5 Å². The van der Waals surface area contributed by atoms with E-state index in [2.05, 4.69) is 20.6 Å². The van der Waals surface area contributed by atoms with Crippen LogP contribution in [0.5, 0.6) is 0 Å². The van der Waals surface area contributed by atoms with E-state index >= 15 is 0 Å². The zero-order chi connectivity index (χ0) is 32.5. The van der Waals surface area contributed by atoms with Crippen molar-refractivity contribution in [2.24, 2.45) is 44.6 Å². The number of carbonyl (C=O) groups excluding carboxylic acids is 4. The molecular formula is C27H44N10O6. The van der Waals surface area contributed by atoms with E-state index in [0.717, 1.165) is 4.90 Å². The van der Waals surface area contributed by atoms with Crippen LogP contribution in [0.25, 0.3) is 0 Å². The van der Waals surface area contributed by atoms with Crippen LogP contribution in [0.15, 0.2) is 40.3 Å². The molecule has 0 aliphatic rings. The standard InChI is InChI=1S/C27H44N10O6/c1-16(2)21(22(28)39)37(18(15-38)10-6-12-33-25(29)30)23(40)19(11-7-13-34-26(31)32)35-27(43)36-20(24(41)42)14-17-8-4-3-5-9-17/h3-5,8-9,15-16,18-21H,6-7,10-14H2,1-2H3,(H2,28,39)(H,41,42)(H4,29,30,33)(H4,31,32,34)(H2,35,36,43)/t18?,19-,20?,21-/m0/s1. The number of urea groups is 1. The van der Waals surface area contributed by atoms with E-state index in [4.69, 9.17) is 28.7 Å². The number of aliphatic imine (C=N–C) groups is 2. The Kier molecular flexibility index (Phi) is 15.6. The molecule has 0 aliphatic carbocycles. The van der Waals surface area contributed by atoms with Crippen molar-refractivity contribution in [1.82, 2.24) is 15.5 Å². The molecule has 43 heavy (non-hydrogen) atoms. The summed E-state index contributed by atoms with van der Waals surface area (Å²) in [4.78, 5) is 72.7. The minimum absolute atomic E-state index is 0.0148. The van der Waals surface area contributed by atoms with Gasteiger partial charge in [-0.25, -0.2) is 9.59 Å². The molecule has 0 radical (unpaired) electrons. The number of hydrogen-bond donors (Lipinski definition) is 8. The molecule has 0 saturated carbocycles. The number of amides is 4. The number of carboxylic acid groups (broad SMARTS) is 1. The van der Waals surface area contributed by atoms with Crippen LogP contribution in [0.4, 0.5) is 4.79 Å². The Bertz CT molecular complexity index is 1140. The zero-order valence-corrected chi connectivity index (χ0v) is 24.5. The number of primary amides is 1. The van der Waals surface area contributed by atoms with E-state index < -0.39 is 53.9 Å². The zero-order valence-electron chi connectivity index (χ0n) is 24.5. The quantitative estimate of drug-likeness (QED) is 0.0385. The van der Waals surface area contributed by atoms with E-state index in [9.17, 15) is 29.1 Å². The molecule has 1 aromatic rings. The summed E-state index contributed by atoms with van der Waals surface area (Å²) in [5.74, 6) is -3.72. The molecule has 2 unspecified atom stereocenters. The number of hydrogen-bond acceptors (Lipinski definition) is 7. The number of carbonyl (C=O) groups is 5. The van der Waals surface area contributed by atoms with E-state index in [1.807, 2.05) is 0 Å². The van der Waals surface area contributed by atoms with Crippen LogP contribution >= 0.6 is 0 Å². The third kappa shape index (κ3) is 13.1. The van der Waals surface area contributed by atoms with Crippen LogP contribution in [0.2, 0.25) is 0 Å². The molecule has 4 amide bonds. The van der Waals surface area contributed by atoms with Crippen LogP contribution in [0.1, 0.15) is 45.1 Å². The Morgan fingerprint density at radius 1 is 0.884 bits per heavy atom. The Labute approximate surface area is 250 Å². The maximum Gasteiger partial charge on any atom is 0.326 e. The number of nitrogens with zero attached hydrogens (tertiary/aromatic N) is 3. The van der Waals surface area contributed by atoms with Crippen LogP contribution in [0, 0.1) is 5.92 Å². The van der Waals surface area contributed by atoms with Gasteiger partial charge < -0.3 is 54.1 Å². The molecular weight excluding hydrogens is 560 g/mol. The van der Waals surface area contributed by atoms with Gasteiger partial charge >= 0.3 is 12.0 Å². The molecule has 0 saturated heterocycles. The van der Waals surface area contributed by atoms with Gasteiger partial charge in [0.25, 0.3) is 0 Å². The second-order valence-corrected chi connectivity index (χ2v) is 10.2. The number of carboxylic acids is 1. The summed E-state index contributed by atoms with van der Waals surface area (Å²) in [5, 5.41) is 14.6. The SMILES string of the molecule is CC(C)[C@@H](C(N)=O)N(C(=O)[C@H](CCCN=C(N)N)NC(=O)NC(Cc1ccccc1)C(=O)O)C(C=O)CCCN=C(N)N. The van der Waals surface area contributed by atoms with Crippen LogP contribution < -0.4 is 39.3 Å². The van der Waals surface area contributed by atoms with Crippen molar-refractivity contribution in [3.63, 3.8) is 0 Å². The molecule has 1 rings (SSSR count). The normalized spacial score (nSPS) is 13.5. The van der Waals surface area contributed by atoms with Gasteiger partial charge in [0.1, 0.15) is 24.4 Å². The lowest BCUT2D eigenvalue weighted by Gasteiger charge is -2.38. The molecule has 0 fully saturated rings. The Hall–Kier alpha value is -4.89. The highest BCUT2D eigenvalue weighted by molar-refractivity contribution is 5.93. The van der Waals surface area contributed by atoms with Crippen molar-refractivity contribution in [2.75, 3.05) is 13.1 Å². The maximum atomic E-state index is 14.1. The minimum Gasteiger partial charge on any atom is -0.480 e. The molecule has 13 N–H and O–H groups in total. The lowest BCUT2D eigenvalue weighted by Crippen LogP contribution is -2.61. The van der Waals surface area contributed by atoms with E-state index in [1.165, 1.54) is 0 Å². The smallest absolute Gasteiger partial charge is 0.326 e. The second-order valence-electron chi connectivity index (χ2n) is 10.2. The maximum absolute atomic E-state index is 14.1. The first-order valence-corrected chi connectivity index (χ1v) is 13.8. The monoisotopic (exact) mass is 604 g/mol. The summed E-state index contributed by atoms with van der Waals surface area (Å²) < 4.78 is 0. The fourth-order valence-corrected chi connectivity index (χ4v) is 4.42. The highest BCUT2D eigenvalue weighted by Crippen LogP contribution is 2.20. The average molecular weight is 605 g/mol. The highest BCUT2D eigenvalue weighted by atomic mass is 16.4. The molecule has 0 aliphatic heterocycles. The Morgan fingerprint density at radius 2 is 1.42 bits per heavy atom. The molecule has 238 valence electrons. The fourth-order valence-electron chi connectivity index (χ4n) is 4.42. The highest BCUT2D eigenvalue weighted by Gasteiger charge is 2.39. The van der Waals surface area contributed by atoms with Gasteiger partial charge in [-0.2, -0.15) is 0 Å². The lowest BCUT2D eigenvalue weighted by molar-refractivity contribution is -0.147. The summed E-state index contributed by atoms with van der Waals surface area (Å²) >= 11 is 0. The van der Waals surface area contributed by atoms with Crippen LogP contribution in [-0.2, 0) is 25.6 Å². The molecule has 0 aromatic heterocycles. The molecule has 4 atom stereocenters. The van der Waals surface area contributed by atoms with E-state index in [0.29, 0.717) is 11.8 Å². The molecule has 0 spiro atoms. The summed E-state index contributed by atoms with van der Waals surface area (Å²) in [6.07, 6.45) is 1.08. The number of nitrogens with two attached hydrogens (primary N) is 5. The number of benzene rings is 1. The third-order valence-electron chi connectivity index (χ3n) is 6.38. The summed E-state index contributed by atoms with van der Waals surface area (Å²) in [6, 6.07) is 2.78. The lowest BCUT2D eigenvalue weighted by atomic mass is 9.96. The van der Waals surface area contributed by atoms with Crippen molar-refractivity contribution in [1.29, 1.82) is 0 Å². The van der Waals surface area contributed by atoms with Gasteiger partial charge in [-0.3, -0.25) is 19.6 Å². The van der Waals surface area contributed by atoms with Crippen molar-refractivity contribution >= 4 is 42.0 Å². The van der Waals surface area contributed by atoms with E-state index in [-0.39, 0.29) is 57.1 Å². The average Bonchev–Trinajstić information content (AvgIpc) is 2.92.